The Kier molecular flexibility index (Phi) is 1.31. The number of aromatic nitrogens is 2. The molecule has 0 radical (unpaired) electrons. The monoisotopic (exact) mass is 149 g/mol. The van der Waals surface area contributed by atoms with Gasteiger partial charge in [0.15, 0.2) is 0 Å². The fourth-order valence-corrected chi connectivity index (χ4v) is 1.13. The Morgan fingerprint density at radius 1 is 1.55 bits per heavy atom. The lowest BCUT2D eigenvalue weighted by atomic mass is 10.1. The molecule has 0 aromatic carbocycles. The maximum Gasteiger partial charge on any atom is 0.290 e. The fraction of sp³-hybridized carbons (Fsp3) is 0.286. The fourth-order valence-electron chi connectivity index (χ4n) is 1.13. The van der Waals surface area contributed by atoms with Crippen molar-refractivity contribution in [3.8, 4) is 0 Å². The van der Waals surface area contributed by atoms with Gasteiger partial charge in [0.2, 0.25) is 0 Å². The van der Waals surface area contributed by atoms with Crippen molar-refractivity contribution in [2.75, 3.05) is 0 Å². The van der Waals surface area contributed by atoms with E-state index >= 15 is 0 Å². The Morgan fingerprint density at radius 3 is 3.27 bits per heavy atom. The van der Waals surface area contributed by atoms with E-state index in [0.29, 0.717) is 5.69 Å². The second-order valence-electron chi connectivity index (χ2n) is 2.42. The minimum atomic E-state index is -0.196. The van der Waals surface area contributed by atoms with Crippen LogP contribution in [0.5, 0.6) is 0 Å². The molecule has 2 rings (SSSR count). The molecule has 0 amide bonds. The number of hydrogen-bond acceptors (Lipinski definition) is 3. The molecular formula is C7H7N3O. The molecule has 1 aliphatic rings. The smallest absolute Gasteiger partial charge is 0.266 e. The Labute approximate surface area is 63.0 Å². The van der Waals surface area contributed by atoms with Crippen LogP contribution in [0.15, 0.2) is 16.0 Å². The summed E-state index contributed by atoms with van der Waals surface area (Å²) in [6.45, 7) is 0. The number of nitrogens with zero attached hydrogens (tertiary/aromatic N) is 2. The molecule has 1 aromatic heterocycles. The van der Waals surface area contributed by atoms with Crippen LogP contribution in [0.2, 0.25) is 0 Å². The van der Waals surface area contributed by atoms with Crippen LogP contribution in [0, 0.1) is 0 Å². The number of fused-ring (bicyclic) bond motifs is 1. The van der Waals surface area contributed by atoms with Crippen molar-refractivity contribution in [2.45, 2.75) is 12.8 Å². The first-order valence-corrected chi connectivity index (χ1v) is 3.47. The number of hydrogen-bond donors (Lipinski definition) is 1. The van der Waals surface area contributed by atoms with Gasteiger partial charge >= 0.3 is 0 Å². The molecule has 1 aliphatic heterocycles. The highest BCUT2D eigenvalue weighted by Crippen LogP contribution is 2.16. The second kappa shape index (κ2) is 2.30. The average Bonchev–Trinajstić information content (AvgIpc) is 2.06. The van der Waals surface area contributed by atoms with E-state index in [1.54, 1.807) is 12.4 Å². The van der Waals surface area contributed by atoms with E-state index in [9.17, 15) is 4.79 Å². The zero-order valence-electron chi connectivity index (χ0n) is 5.87. The molecule has 2 heterocycles. The molecule has 11 heavy (non-hydrogen) atoms. The van der Waals surface area contributed by atoms with Gasteiger partial charge in [-0.15, -0.1) is 0 Å². The molecule has 4 nitrogen and oxygen atoms in total. The quantitative estimate of drug-likeness (QED) is 0.581. The molecule has 1 aromatic rings. The summed E-state index contributed by atoms with van der Waals surface area (Å²) < 4.78 is 0. The molecule has 0 saturated heterocycles. The van der Waals surface area contributed by atoms with Gasteiger partial charge in [0.25, 0.3) is 5.56 Å². The van der Waals surface area contributed by atoms with Crippen molar-refractivity contribution in [1.29, 1.82) is 0 Å². The van der Waals surface area contributed by atoms with Gasteiger partial charge in [-0.25, -0.2) is 5.10 Å². The molecule has 0 spiro atoms. The third-order valence-corrected chi connectivity index (χ3v) is 1.67. The summed E-state index contributed by atoms with van der Waals surface area (Å²) in [6.07, 6.45) is 5.19. The summed E-state index contributed by atoms with van der Waals surface area (Å²) in [7, 11) is 0. The molecular weight excluding hydrogens is 142 g/mol. The third-order valence-electron chi connectivity index (χ3n) is 1.67. The van der Waals surface area contributed by atoms with Gasteiger partial charge in [-0.05, 0) is 12.8 Å². The lowest BCUT2D eigenvalue weighted by Gasteiger charge is -2.05. The van der Waals surface area contributed by atoms with E-state index in [2.05, 4.69) is 15.2 Å². The SMILES string of the molecule is O=c1[nH]ncc2c1N=CCC2. The number of aryl methyl sites for hydroxylation is 1. The summed E-state index contributed by atoms with van der Waals surface area (Å²) in [6, 6.07) is 0. The topological polar surface area (TPSA) is 58.1 Å². The van der Waals surface area contributed by atoms with Crippen LogP contribution in [0.25, 0.3) is 0 Å². The van der Waals surface area contributed by atoms with E-state index in [4.69, 9.17) is 0 Å². The van der Waals surface area contributed by atoms with Gasteiger partial charge in [-0.3, -0.25) is 9.79 Å². The Morgan fingerprint density at radius 2 is 2.45 bits per heavy atom. The number of aliphatic imine (C=N–C) groups is 1. The molecule has 1 N–H and O–H groups in total. The van der Waals surface area contributed by atoms with Crippen LogP contribution in [0.4, 0.5) is 5.69 Å². The molecule has 0 bridgehead atoms. The van der Waals surface area contributed by atoms with Crippen LogP contribution < -0.4 is 5.56 Å². The summed E-state index contributed by atoms with van der Waals surface area (Å²) in [5, 5.41) is 6.03. The maximum atomic E-state index is 11.0. The van der Waals surface area contributed by atoms with Crippen LogP contribution in [0.1, 0.15) is 12.0 Å². The number of H-pyrrole nitrogens is 1. The molecule has 0 aliphatic carbocycles. The predicted octanol–water partition coefficient (Wildman–Crippen LogP) is 0.418. The maximum absolute atomic E-state index is 11.0. The van der Waals surface area contributed by atoms with Crippen LogP contribution in [-0.2, 0) is 6.42 Å². The number of aromatic amines is 1. The van der Waals surface area contributed by atoms with E-state index < -0.39 is 0 Å². The summed E-state index contributed by atoms with van der Waals surface area (Å²) in [5.74, 6) is 0. The lowest BCUT2D eigenvalue weighted by molar-refractivity contribution is 0.919. The van der Waals surface area contributed by atoms with Crippen LogP contribution in [-0.4, -0.2) is 16.4 Å². The Hall–Kier alpha value is -1.45. The largest absolute Gasteiger partial charge is 0.290 e. The number of rotatable bonds is 0. The highest BCUT2D eigenvalue weighted by Gasteiger charge is 2.08. The standard InChI is InChI=1S/C7H7N3O/c11-7-6-5(4-9-10-7)2-1-3-8-6/h3-4H,1-2H2,(H,10,11). The minimum absolute atomic E-state index is 0.196. The van der Waals surface area contributed by atoms with E-state index in [1.807, 2.05) is 0 Å². The van der Waals surface area contributed by atoms with Crippen molar-refractivity contribution >= 4 is 11.9 Å². The van der Waals surface area contributed by atoms with Gasteiger partial charge in [-0.1, -0.05) is 0 Å². The molecule has 56 valence electrons. The van der Waals surface area contributed by atoms with Crippen molar-refractivity contribution in [2.24, 2.45) is 4.99 Å². The minimum Gasteiger partial charge on any atom is -0.266 e. The van der Waals surface area contributed by atoms with E-state index in [0.717, 1.165) is 18.4 Å². The van der Waals surface area contributed by atoms with Gasteiger partial charge in [-0.2, -0.15) is 5.10 Å². The highest BCUT2D eigenvalue weighted by molar-refractivity contribution is 5.67. The van der Waals surface area contributed by atoms with Gasteiger partial charge in [0.05, 0.1) is 6.20 Å². The predicted molar refractivity (Wildman–Crippen MR) is 41.3 cm³/mol. The van der Waals surface area contributed by atoms with Crippen LogP contribution >= 0.6 is 0 Å². The summed E-state index contributed by atoms with van der Waals surface area (Å²) in [5.41, 5.74) is 1.26. The number of nitrogens with one attached hydrogen (secondary N) is 1. The van der Waals surface area contributed by atoms with Gasteiger partial charge < -0.3 is 0 Å². The normalized spacial score (nSPS) is 14.5. The van der Waals surface area contributed by atoms with Crippen molar-refractivity contribution in [3.63, 3.8) is 0 Å². The zero-order chi connectivity index (χ0) is 7.68. The van der Waals surface area contributed by atoms with Crippen LogP contribution in [0.3, 0.4) is 0 Å². The molecule has 0 atom stereocenters. The zero-order valence-corrected chi connectivity index (χ0v) is 5.87. The van der Waals surface area contributed by atoms with Crippen molar-refractivity contribution in [3.05, 3.63) is 22.1 Å². The van der Waals surface area contributed by atoms with E-state index in [-0.39, 0.29) is 5.56 Å². The summed E-state index contributed by atoms with van der Waals surface area (Å²) >= 11 is 0. The Bertz CT molecular complexity index is 353. The summed E-state index contributed by atoms with van der Waals surface area (Å²) in [4.78, 5) is 15.0. The van der Waals surface area contributed by atoms with Crippen molar-refractivity contribution < 1.29 is 0 Å². The first-order valence-electron chi connectivity index (χ1n) is 3.47. The Balaban J connectivity index is 2.70. The molecule has 4 heteroatoms. The molecule has 0 saturated carbocycles. The average molecular weight is 149 g/mol. The molecule has 0 fully saturated rings. The molecule has 0 unspecified atom stereocenters. The third kappa shape index (κ3) is 0.960. The second-order valence-corrected chi connectivity index (χ2v) is 2.42. The lowest BCUT2D eigenvalue weighted by Crippen LogP contribution is -2.11. The van der Waals surface area contributed by atoms with Gasteiger partial charge in [0, 0.05) is 11.8 Å². The van der Waals surface area contributed by atoms with Gasteiger partial charge in [0.1, 0.15) is 5.69 Å². The van der Waals surface area contributed by atoms with Crippen molar-refractivity contribution in [1.82, 2.24) is 10.2 Å². The first-order chi connectivity index (χ1) is 5.38. The highest BCUT2D eigenvalue weighted by atomic mass is 16.1. The van der Waals surface area contributed by atoms with E-state index in [1.165, 1.54) is 0 Å². The first kappa shape index (κ1) is 6.27.